The monoisotopic (exact) mass is 301 g/mol. The van der Waals surface area contributed by atoms with E-state index >= 15 is 0 Å². The van der Waals surface area contributed by atoms with Crippen molar-refractivity contribution >= 4 is 21.6 Å². The van der Waals surface area contributed by atoms with E-state index in [4.69, 9.17) is 4.74 Å². The van der Waals surface area contributed by atoms with Gasteiger partial charge in [-0.1, -0.05) is 15.9 Å². The maximum absolute atomic E-state index is 13.2. The quantitative estimate of drug-likeness (QED) is 0.777. The van der Waals surface area contributed by atoms with E-state index in [0.717, 1.165) is 24.4 Å². The minimum absolute atomic E-state index is 0.0486. The molecule has 0 atom stereocenters. The summed E-state index contributed by atoms with van der Waals surface area (Å²) in [6, 6.07) is 4.97. The predicted molar refractivity (Wildman–Crippen MR) is 71.3 cm³/mol. The zero-order valence-electron chi connectivity index (χ0n) is 10.2. The summed E-state index contributed by atoms with van der Waals surface area (Å²) in [4.78, 5) is 2.30. The fraction of sp³-hybridized carbons (Fsp3) is 0.538. The van der Waals surface area contributed by atoms with Gasteiger partial charge in [0.25, 0.3) is 0 Å². The largest absolute Gasteiger partial charge is 0.377 e. The Morgan fingerprint density at radius 3 is 2.88 bits per heavy atom. The van der Waals surface area contributed by atoms with Crippen molar-refractivity contribution in [3.8, 4) is 0 Å². The van der Waals surface area contributed by atoms with E-state index in [1.165, 1.54) is 6.07 Å². The molecule has 2 nitrogen and oxygen atoms in total. The number of halogens is 2. The molecule has 0 N–H and O–H groups in total. The lowest BCUT2D eigenvalue weighted by atomic mass is 10.00. The average molecular weight is 302 g/mol. The molecule has 0 aliphatic carbocycles. The highest BCUT2D eigenvalue weighted by atomic mass is 79.9. The molecule has 0 bridgehead atoms. The summed E-state index contributed by atoms with van der Waals surface area (Å²) in [7, 11) is 0. The van der Waals surface area contributed by atoms with Gasteiger partial charge in [-0.25, -0.2) is 4.39 Å². The zero-order chi connectivity index (χ0) is 12.5. The van der Waals surface area contributed by atoms with Crippen LogP contribution in [-0.4, -0.2) is 25.3 Å². The van der Waals surface area contributed by atoms with Crippen molar-refractivity contribution < 1.29 is 9.13 Å². The highest BCUT2D eigenvalue weighted by Crippen LogP contribution is 2.31. The van der Waals surface area contributed by atoms with E-state index in [0.29, 0.717) is 11.9 Å². The molecule has 0 radical (unpaired) electrons. The van der Waals surface area contributed by atoms with Gasteiger partial charge in [0.1, 0.15) is 5.82 Å². The lowest BCUT2D eigenvalue weighted by Crippen LogP contribution is -2.53. The predicted octanol–water partition coefficient (Wildman–Crippen LogP) is 3.34. The SMILES string of the molecule is CC1(C)COCCN1c1ccc(F)cc1CBr. The second kappa shape index (κ2) is 4.94. The standard InChI is InChI=1S/C13H17BrFNO/c1-13(2)9-17-6-5-16(13)12-4-3-11(15)7-10(12)8-14/h3-4,7H,5-6,8-9H2,1-2H3. The Labute approximate surface area is 110 Å². The third-order valence-electron chi connectivity index (χ3n) is 3.12. The van der Waals surface area contributed by atoms with Crippen LogP contribution < -0.4 is 4.90 Å². The first-order valence-electron chi connectivity index (χ1n) is 5.74. The Morgan fingerprint density at radius 2 is 2.24 bits per heavy atom. The van der Waals surface area contributed by atoms with E-state index in [-0.39, 0.29) is 11.4 Å². The molecule has 17 heavy (non-hydrogen) atoms. The van der Waals surface area contributed by atoms with E-state index in [1.54, 1.807) is 6.07 Å². The Balaban J connectivity index is 2.38. The van der Waals surface area contributed by atoms with E-state index in [1.807, 2.05) is 6.07 Å². The summed E-state index contributed by atoms with van der Waals surface area (Å²) in [6.45, 7) is 6.56. The number of nitrogens with zero attached hydrogens (tertiary/aromatic N) is 1. The molecular weight excluding hydrogens is 285 g/mol. The smallest absolute Gasteiger partial charge is 0.123 e. The number of hydrogen-bond donors (Lipinski definition) is 0. The molecule has 1 fully saturated rings. The van der Waals surface area contributed by atoms with Crippen LogP contribution in [0.3, 0.4) is 0 Å². The number of hydrogen-bond acceptors (Lipinski definition) is 2. The average Bonchev–Trinajstić information content (AvgIpc) is 2.29. The lowest BCUT2D eigenvalue weighted by Gasteiger charge is -2.44. The fourth-order valence-electron chi connectivity index (χ4n) is 2.23. The second-order valence-corrected chi connectivity index (χ2v) is 5.48. The molecule has 0 spiro atoms. The number of anilines is 1. The van der Waals surface area contributed by atoms with Crippen molar-refractivity contribution in [1.29, 1.82) is 0 Å². The van der Waals surface area contributed by atoms with E-state index in [9.17, 15) is 4.39 Å². The molecule has 0 amide bonds. The van der Waals surface area contributed by atoms with E-state index in [2.05, 4.69) is 34.7 Å². The van der Waals surface area contributed by atoms with Gasteiger partial charge < -0.3 is 9.64 Å². The maximum Gasteiger partial charge on any atom is 0.123 e. The van der Waals surface area contributed by atoms with Crippen LogP contribution >= 0.6 is 15.9 Å². The molecule has 0 aromatic heterocycles. The highest BCUT2D eigenvalue weighted by molar-refractivity contribution is 9.08. The van der Waals surface area contributed by atoms with Gasteiger partial charge in [0.05, 0.1) is 18.8 Å². The number of alkyl halides is 1. The summed E-state index contributed by atoms with van der Waals surface area (Å²) in [5, 5.41) is 0.660. The maximum atomic E-state index is 13.2. The third-order valence-corrected chi connectivity index (χ3v) is 3.73. The molecule has 0 saturated carbocycles. The molecule has 1 aliphatic heterocycles. The van der Waals surface area contributed by atoms with Crippen LogP contribution in [0, 0.1) is 5.82 Å². The van der Waals surface area contributed by atoms with Crippen molar-refractivity contribution in [2.45, 2.75) is 24.7 Å². The van der Waals surface area contributed by atoms with Gasteiger partial charge in [0, 0.05) is 17.6 Å². The van der Waals surface area contributed by atoms with Crippen LogP contribution in [-0.2, 0) is 10.1 Å². The molecular formula is C13H17BrFNO. The first kappa shape index (κ1) is 12.8. The number of benzene rings is 1. The molecule has 2 rings (SSSR count). The summed E-state index contributed by atoms with van der Waals surface area (Å²) in [5.41, 5.74) is 2.03. The molecule has 1 saturated heterocycles. The van der Waals surface area contributed by atoms with Crippen molar-refractivity contribution in [3.63, 3.8) is 0 Å². The minimum Gasteiger partial charge on any atom is -0.377 e. The number of ether oxygens (including phenoxy) is 1. The molecule has 1 aliphatic rings. The first-order chi connectivity index (χ1) is 8.04. The Morgan fingerprint density at radius 1 is 1.47 bits per heavy atom. The van der Waals surface area contributed by atoms with Crippen LogP contribution in [0.2, 0.25) is 0 Å². The number of rotatable bonds is 2. The Bertz CT molecular complexity index is 408. The van der Waals surface area contributed by atoms with Crippen molar-refractivity contribution in [1.82, 2.24) is 0 Å². The second-order valence-electron chi connectivity index (χ2n) is 4.92. The van der Waals surface area contributed by atoms with Gasteiger partial charge >= 0.3 is 0 Å². The Kier molecular flexibility index (Phi) is 3.73. The van der Waals surface area contributed by atoms with Gasteiger partial charge in [-0.3, -0.25) is 0 Å². The van der Waals surface area contributed by atoms with Crippen LogP contribution in [0.25, 0.3) is 0 Å². The summed E-state index contributed by atoms with van der Waals surface area (Å²) in [5.74, 6) is -0.186. The van der Waals surface area contributed by atoms with Gasteiger partial charge in [0.2, 0.25) is 0 Å². The van der Waals surface area contributed by atoms with Gasteiger partial charge in [-0.15, -0.1) is 0 Å². The molecule has 1 heterocycles. The van der Waals surface area contributed by atoms with Crippen LogP contribution in [0.15, 0.2) is 18.2 Å². The first-order valence-corrected chi connectivity index (χ1v) is 6.86. The summed E-state index contributed by atoms with van der Waals surface area (Å²) >= 11 is 3.42. The Hall–Kier alpha value is -0.610. The normalized spacial score (nSPS) is 19.4. The van der Waals surface area contributed by atoms with Gasteiger partial charge in [0.15, 0.2) is 0 Å². The lowest BCUT2D eigenvalue weighted by molar-refractivity contribution is 0.0643. The molecule has 0 unspecified atom stereocenters. The molecule has 94 valence electrons. The third kappa shape index (κ3) is 2.63. The van der Waals surface area contributed by atoms with Crippen LogP contribution in [0.1, 0.15) is 19.4 Å². The van der Waals surface area contributed by atoms with Crippen molar-refractivity contribution in [3.05, 3.63) is 29.6 Å². The molecule has 1 aromatic rings. The van der Waals surface area contributed by atoms with Crippen LogP contribution in [0.5, 0.6) is 0 Å². The van der Waals surface area contributed by atoms with Crippen molar-refractivity contribution in [2.75, 3.05) is 24.7 Å². The van der Waals surface area contributed by atoms with Gasteiger partial charge in [-0.2, -0.15) is 0 Å². The highest BCUT2D eigenvalue weighted by Gasteiger charge is 2.31. The summed E-state index contributed by atoms with van der Waals surface area (Å²) < 4.78 is 18.7. The minimum atomic E-state index is -0.186. The topological polar surface area (TPSA) is 12.5 Å². The van der Waals surface area contributed by atoms with E-state index < -0.39 is 0 Å². The van der Waals surface area contributed by atoms with Crippen LogP contribution in [0.4, 0.5) is 10.1 Å². The number of morpholine rings is 1. The van der Waals surface area contributed by atoms with Crippen molar-refractivity contribution in [2.24, 2.45) is 0 Å². The van der Waals surface area contributed by atoms with Gasteiger partial charge in [-0.05, 0) is 37.6 Å². The zero-order valence-corrected chi connectivity index (χ0v) is 11.8. The fourth-order valence-corrected chi connectivity index (χ4v) is 2.68. The molecule has 4 heteroatoms. The molecule has 1 aromatic carbocycles. The summed E-state index contributed by atoms with van der Waals surface area (Å²) in [6.07, 6.45) is 0.